The van der Waals surface area contributed by atoms with E-state index in [0.717, 1.165) is 19.3 Å². The number of hydrogen-bond acceptors (Lipinski definition) is 5. The average molecular weight is 354 g/mol. The number of pyridine rings is 1. The van der Waals surface area contributed by atoms with Gasteiger partial charge in [-0.05, 0) is 12.5 Å². The lowest BCUT2D eigenvalue weighted by Gasteiger charge is -2.28. The molecule has 25 heavy (non-hydrogen) atoms. The molecule has 0 amide bonds. The van der Waals surface area contributed by atoms with E-state index in [1.54, 1.807) is 0 Å². The highest BCUT2D eigenvalue weighted by Crippen LogP contribution is 2.43. The van der Waals surface area contributed by atoms with Crippen molar-refractivity contribution < 1.29 is 32.6 Å². The number of carbonyl (C=O) groups is 2. The first-order valence-corrected chi connectivity index (χ1v) is 7.33. The first kappa shape index (κ1) is 17.0. The van der Waals surface area contributed by atoms with Gasteiger partial charge >= 0.3 is 11.9 Å². The number of nitrogens with one attached hydrogen (secondary N) is 1. The van der Waals surface area contributed by atoms with Crippen LogP contribution < -0.4 is 5.32 Å². The average Bonchev–Trinajstić information content (AvgIpc) is 2.93. The van der Waals surface area contributed by atoms with Gasteiger partial charge in [-0.2, -0.15) is 0 Å². The second-order valence-electron chi connectivity index (χ2n) is 5.60. The minimum Gasteiger partial charge on any atom is -0.478 e. The topological polar surface area (TPSA) is 88.5 Å². The molecular formula is C16H13F3N2O4. The zero-order chi connectivity index (χ0) is 18.3. The van der Waals surface area contributed by atoms with Crippen LogP contribution in [0.3, 0.4) is 0 Å². The fraction of sp³-hybridized carbons (Fsp3) is 0.312. The van der Waals surface area contributed by atoms with Crippen LogP contribution in [0, 0.1) is 5.82 Å². The third kappa shape index (κ3) is 2.65. The van der Waals surface area contributed by atoms with Crippen LogP contribution in [0.25, 0.3) is 0 Å². The Morgan fingerprint density at radius 2 is 2.24 bits per heavy atom. The van der Waals surface area contributed by atoms with Gasteiger partial charge in [-0.1, -0.05) is 0 Å². The molecule has 1 aromatic rings. The molecule has 3 heterocycles. The van der Waals surface area contributed by atoms with Crippen molar-refractivity contribution in [3.05, 3.63) is 51.9 Å². The van der Waals surface area contributed by atoms with Crippen molar-refractivity contribution in [1.82, 2.24) is 10.3 Å². The molecule has 132 valence electrons. The predicted octanol–water partition coefficient (Wildman–Crippen LogP) is 2.06. The van der Waals surface area contributed by atoms with Gasteiger partial charge in [0.25, 0.3) is 0 Å². The summed E-state index contributed by atoms with van der Waals surface area (Å²) in [6, 6.07) is 0. The predicted molar refractivity (Wildman–Crippen MR) is 78.2 cm³/mol. The molecule has 2 N–H and O–H groups in total. The van der Waals surface area contributed by atoms with Crippen LogP contribution in [0.5, 0.6) is 0 Å². The van der Waals surface area contributed by atoms with E-state index >= 15 is 0 Å². The molecule has 3 rings (SSSR count). The number of rotatable bonds is 4. The number of aromatic nitrogens is 1. The largest absolute Gasteiger partial charge is 0.478 e. The fourth-order valence-corrected chi connectivity index (χ4v) is 3.16. The molecule has 0 saturated heterocycles. The summed E-state index contributed by atoms with van der Waals surface area (Å²) in [6.07, 6.45) is 0.0797. The van der Waals surface area contributed by atoms with Crippen molar-refractivity contribution in [3.8, 4) is 0 Å². The number of aliphatic carboxylic acids is 1. The lowest BCUT2D eigenvalue weighted by atomic mass is 9.79. The number of halogens is 3. The summed E-state index contributed by atoms with van der Waals surface area (Å²) in [5.74, 6) is -4.71. The van der Waals surface area contributed by atoms with Gasteiger partial charge in [0.05, 0.1) is 34.7 Å². The Morgan fingerprint density at radius 1 is 1.52 bits per heavy atom. The summed E-state index contributed by atoms with van der Waals surface area (Å²) in [5, 5.41) is 12.1. The number of carboxylic acid groups (broad SMARTS) is 1. The van der Waals surface area contributed by atoms with E-state index in [-0.39, 0.29) is 29.1 Å². The molecule has 0 saturated carbocycles. The zero-order valence-electron chi connectivity index (χ0n) is 13.0. The Bertz CT molecular complexity index is 833. The van der Waals surface area contributed by atoms with Crippen molar-refractivity contribution in [2.24, 2.45) is 0 Å². The van der Waals surface area contributed by atoms with Crippen molar-refractivity contribution >= 4 is 11.9 Å². The minimum absolute atomic E-state index is 0.107. The highest BCUT2D eigenvalue weighted by atomic mass is 19.1. The van der Waals surface area contributed by atoms with Crippen LogP contribution in [0.15, 0.2) is 34.9 Å². The van der Waals surface area contributed by atoms with Gasteiger partial charge in [-0.3, -0.25) is 4.98 Å². The normalized spacial score (nSPS) is 21.0. The van der Waals surface area contributed by atoms with Crippen molar-refractivity contribution in [1.29, 1.82) is 0 Å². The molecule has 2 atom stereocenters. The summed E-state index contributed by atoms with van der Waals surface area (Å²) in [7, 11) is 0. The number of cyclic esters (lactones) is 1. The molecule has 2 aliphatic heterocycles. The summed E-state index contributed by atoms with van der Waals surface area (Å²) < 4.78 is 46.4. The Labute approximate surface area is 140 Å². The van der Waals surface area contributed by atoms with Crippen LogP contribution in [0.2, 0.25) is 0 Å². The number of dihydropyridines is 1. The lowest BCUT2D eigenvalue weighted by molar-refractivity contribution is -0.136. The van der Waals surface area contributed by atoms with Crippen LogP contribution in [-0.2, 0) is 14.3 Å². The molecule has 0 fully saturated rings. The first-order chi connectivity index (χ1) is 11.9. The summed E-state index contributed by atoms with van der Waals surface area (Å²) in [6.45, 7) is -0.290. The molecule has 0 unspecified atom stereocenters. The van der Waals surface area contributed by atoms with Gasteiger partial charge in [-0.15, -0.1) is 0 Å². The standard InChI is InChI=1S/C16H13F3N2O4/c1-6(18)11-7(3-20-4-8(11)19)12-13(15(22)23)9(2-17)21-10-5-25-16(24)14(10)12/h3-4,6,12,21H,2,5H2,1H3,(H,22,23)/t6-,12+/m1/s1. The van der Waals surface area contributed by atoms with Crippen molar-refractivity contribution in [3.63, 3.8) is 0 Å². The number of carbonyl (C=O) groups excluding carboxylic acids is 1. The molecule has 0 aliphatic carbocycles. The number of hydrogen-bond donors (Lipinski definition) is 2. The van der Waals surface area contributed by atoms with E-state index in [1.165, 1.54) is 0 Å². The van der Waals surface area contributed by atoms with E-state index < -0.39 is 47.7 Å². The van der Waals surface area contributed by atoms with Crippen molar-refractivity contribution in [2.45, 2.75) is 19.0 Å². The van der Waals surface area contributed by atoms with Crippen LogP contribution in [-0.4, -0.2) is 35.3 Å². The zero-order valence-corrected chi connectivity index (χ0v) is 13.0. The molecule has 0 aromatic carbocycles. The summed E-state index contributed by atoms with van der Waals surface area (Å²) >= 11 is 0. The van der Waals surface area contributed by atoms with Gasteiger partial charge < -0.3 is 15.2 Å². The van der Waals surface area contributed by atoms with Gasteiger partial charge in [0.1, 0.15) is 25.3 Å². The quantitative estimate of drug-likeness (QED) is 0.805. The molecule has 0 bridgehead atoms. The Kier molecular flexibility index (Phi) is 4.23. The maximum Gasteiger partial charge on any atom is 0.337 e. The van der Waals surface area contributed by atoms with Gasteiger partial charge in [0.15, 0.2) is 0 Å². The van der Waals surface area contributed by atoms with E-state index in [9.17, 15) is 27.9 Å². The van der Waals surface area contributed by atoms with Crippen LogP contribution >= 0.6 is 0 Å². The molecule has 0 radical (unpaired) electrons. The SMILES string of the molecule is C[C@@H](F)c1c(F)cncc1[C@H]1C(C(=O)O)=C(CF)NC2=C1C(=O)OC2. The third-order valence-electron chi connectivity index (χ3n) is 4.14. The van der Waals surface area contributed by atoms with E-state index in [0.29, 0.717) is 0 Å². The molecular weight excluding hydrogens is 341 g/mol. The fourth-order valence-electron chi connectivity index (χ4n) is 3.16. The van der Waals surface area contributed by atoms with Gasteiger partial charge in [0, 0.05) is 11.8 Å². The number of alkyl halides is 2. The van der Waals surface area contributed by atoms with Crippen LogP contribution in [0.1, 0.15) is 30.1 Å². The van der Waals surface area contributed by atoms with E-state index in [4.69, 9.17) is 4.74 Å². The molecule has 2 aliphatic rings. The van der Waals surface area contributed by atoms with Crippen molar-refractivity contribution in [2.75, 3.05) is 13.3 Å². The lowest BCUT2D eigenvalue weighted by Crippen LogP contribution is -2.32. The number of nitrogens with zero attached hydrogens (tertiary/aromatic N) is 1. The Hall–Kier alpha value is -2.84. The van der Waals surface area contributed by atoms with Gasteiger partial charge in [-0.25, -0.2) is 22.8 Å². The maximum absolute atomic E-state index is 14.1. The molecule has 9 heteroatoms. The highest BCUT2D eigenvalue weighted by molar-refractivity contribution is 6.00. The Balaban J connectivity index is 2.31. The minimum atomic E-state index is -1.79. The summed E-state index contributed by atoms with van der Waals surface area (Å²) in [5.41, 5.74) is -1.31. The number of ether oxygens (including phenoxy) is 1. The molecule has 1 aromatic heterocycles. The third-order valence-corrected chi connectivity index (χ3v) is 4.14. The molecule has 0 spiro atoms. The van der Waals surface area contributed by atoms with E-state index in [2.05, 4.69) is 10.3 Å². The number of esters is 1. The second-order valence-corrected chi connectivity index (χ2v) is 5.60. The summed E-state index contributed by atoms with van der Waals surface area (Å²) in [4.78, 5) is 27.4. The Morgan fingerprint density at radius 3 is 2.84 bits per heavy atom. The number of allylic oxidation sites excluding steroid dienone is 1. The maximum atomic E-state index is 14.1. The number of carboxylic acids is 1. The highest BCUT2D eigenvalue weighted by Gasteiger charge is 2.43. The monoisotopic (exact) mass is 354 g/mol. The smallest absolute Gasteiger partial charge is 0.337 e. The van der Waals surface area contributed by atoms with Crippen LogP contribution in [0.4, 0.5) is 13.2 Å². The second kappa shape index (κ2) is 6.23. The first-order valence-electron chi connectivity index (χ1n) is 7.33. The van der Waals surface area contributed by atoms with Gasteiger partial charge in [0.2, 0.25) is 0 Å². The van der Waals surface area contributed by atoms with E-state index in [1.807, 2.05) is 0 Å². The molecule has 6 nitrogen and oxygen atoms in total.